The predicted molar refractivity (Wildman–Crippen MR) is 113 cm³/mol. The Bertz CT molecular complexity index is 938. The molecule has 150 valence electrons. The number of amides is 1. The third-order valence-corrected chi connectivity index (χ3v) is 4.33. The first-order valence-corrected chi connectivity index (χ1v) is 9.48. The van der Waals surface area contributed by atoms with Crippen molar-refractivity contribution < 1.29 is 14.3 Å². The number of benzene rings is 2. The van der Waals surface area contributed by atoms with Gasteiger partial charge in [-0.15, -0.1) is 0 Å². The molecule has 2 aromatic rings. The minimum atomic E-state index is -0.611. The number of anilines is 2. The van der Waals surface area contributed by atoms with E-state index in [1.807, 2.05) is 45.0 Å². The standard InChI is InChI=1S/C23H25N3O3/c1-4-5-13-29-23(28)19-11-6-7-12-20(19)26-22(27)18(14-24)15-25-21-16(2)9-8-10-17(21)3/h6-12,15,25H,4-5,13H2,1-3H3,(H,26,27)/b18-15-. The number of unbranched alkanes of at least 4 members (excludes halogenated alkanes) is 1. The van der Waals surface area contributed by atoms with Crippen molar-refractivity contribution in [2.45, 2.75) is 33.6 Å². The highest BCUT2D eigenvalue weighted by Crippen LogP contribution is 2.20. The normalized spacial score (nSPS) is 10.8. The number of aryl methyl sites for hydroxylation is 2. The van der Waals surface area contributed by atoms with E-state index >= 15 is 0 Å². The van der Waals surface area contributed by atoms with Crippen molar-refractivity contribution in [3.05, 3.63) is 70.9 Å². The maximum Gasteiger partial charge on any atom is 0.340 e. The molecule has 0 atom stereocenters. The highest BCUT2D eigenvalue weighted by atomic mass is 16.5. The van der Waals surface area contributed by atoms with E-state index in [2.05, 4.69) is 10.6 Å². The van der Waals surface area contributed by atoms with Gasteiger partial charge in [-0.05, 0) is 43.5 Å². The Morgan fingerprint density at radius 1 is 1.10 bits per heavy atom. The van der Waals surface area contributed by atoms with Crippen LogP contribution in [0.2, 0.25) is 0 Å². The van der Waals surface area contributed by atoms with Crippen molar-refractivity contribution in [1.29, 1.82) is 5.26 Å². The summed E-state index contributed by atoms with van der Waals surface area (Å²) in [6.07, 6.45) is 3.05. The van der Waals surface area contributed by atoms with Crippen LogP contribution in [-0.4, -0.2) is 18.5 Å². The van der Waals surface area contributed by atoms with Gasteiger partial charge in [0.25, 0.3) is 5.91 Å². The fourth-order valence-corrected chi connectivity index (χ4v) is 2.68. The molecule has 0 radical (unpaired) electrons. The molecule has 0 aromatic heterocycles. The fourth-order valence-electron chi connectivity index (χ4n) is 2.68. The van der Waals surface area contributed by atoms with Gasteiger partial charge in [0.1, 0.15) is 11.6 Å². The van der Waals surface area contributed by atoms with Crippen molar-refractivity contribution >= 4 is 23.3 Å². The predicted octanol–water partition coefficient (Wildman–Crippen LogP) is 4.72. The van der Waals surface area contributed by atoms with E-state index < -0.39 is 11.9 Å². The van der Waals surface area contributed by atoms with Gasteiger partial charge in [0.05, 0.1) is 17.9 Å². The molecular weight excluding hydrogens is 366 g/mol. The second kappa shape index (κ2) is 10.7. The molecule has 0 unspecified atom stereocenters. The van der Waals surface area contributed by atoms with Gasteiger partial charge in [-0.2, -0.15) is 5.26 Å². The van der Waals surface area contributed by atoms with E-state index in [9.17, 15) is 14.9 Å². The summed E-state index contributed by atoms with van der Waals surface area (Å²) in [5.74, 6) is -1.12. The van der Waals surface area contributed by atoms with Gasteiger partial charge in [0, 0.05) is 11.9 Å². The van der Waals surface area contributed by atoms with E-state index in [1.165, 1.54) is 6.20 Å². The molecule has 6 nitrogen and oxygen atoms in total. The van der Waals surface area contributed by atoms with Crippen molar-refractivity contribution in [2.75, 3.05) is 17.2 Å². The number of esters is 1. The summed E-state index contributed by atoms with van der Waals surface area (Å²) in [6, 6.07) is 14.3. The summed E-state index contributed by atoms with van der Waals surface area (Å²) in [4.78, 5) is 24.9. The van der Waals surface area contributed by atoms with Gasteiger partial charge >= 0.3 is 5.97 Å². The molecule has 0 saturated carbocycles. The molecule has 0 aliphatic heterocycles. The minimum absolute atomic E-state index is 0.109. The molecule has 0 aliphatic carbocycles. The van der Waals surface area contributed by atoms with E-state index in [-0.39, 0.29) is 11.1 Å². The van der Waals surface area contributed by atoms with Crippen LogP contribution in [0, 0.1) is 25.2 Å². The summed E-state index contributed by atoms with van der Waals surface area (Å²) < 4.78 is 5.23. The molecular formula is C23H25N3O3. The van der Waals surface area contributed by atoms with Crippen molar-refractivity contribution in [2.24, 2.45) is 0 Å². The van der Waals surface area contributed by atoms with E-state index in [0.29, 0.717) is 12.3 Å². The number of hydrogen-bond donors (Lipinski definition) is 2. The maximum atomic E-state index is 12.6. The zero-order chi connectivity index (χ0) is 21.2. The Morgan fingerprint density at radius 3 is 2.45 bits per heavy atom. The lowest BCUT2D eigenvalue weighted by Crippen LogP contribution is -2.18. The highest BCUT2D eigenvalue weighted by molar-refractivity contribution is 6.09. The van der Waals surface area contributed by atoms with Crippen LogP contribution < -0.4 is 10.6 Å². The number of carbonyl (C=O) groups is 2. The third kappa shape index (κ3) is 5.94. The highest BCUT2D eigenvalue weighted by Gasteiger charge is 2.16. The first kappa shape index (κ1) is 21.7. The number of nitrogens with zero attached hydrogens (tertiary/aromatic N) is 1. The minimum Gasteiger partial charge on any atom is -0.462 e. The summed E-state index contributed by atoms with van der Waals surface area (Å²) in [5, 5.41) is 15.1. The second-order valence-electron chi connectivity index (χ2n) is 6.57. The molecule has 29 heavy (non-hydrogen) atoms. The van der Waals surface area contributed by atoms with Crippen LogP contribution in [0.25, 0.3) is 0 Å². The van der Waals surface area contributed by atoms with Gasteiger partial charge in [-0.3, -0.25) is 4.79 Å². The number of rotatable bonds is 8. The number of nitrogens with one attached hydrogen (secondary N) is 2. The summed E-state index contributed by atoms with van der Waals surface area (Å²) in [6.45, 7) is 6.20. The van der Waals surface area contributed by atoms with Crippen LogP contribution in [0.4, 0.5) is 11.4 Å². The summed E-state index contributed by atoms with van der Waals surface area (Å²) >= 11 is 0. The molecule has 2 rings (SSSR count). The van der Waals surface area contributed by atoms with Crippen LogP contribution in [-0.2, 0) is 9.53 Å². The van der Waals surface area contributed by atoms with Gasteiger partial charge < -0.3 is 15.4 Å². The Balaban J connectivity index is 2.16. The fraction of sp³-hybridized carbons (Fsp3) is 0.261. The molecule has 0 aliphatic rings. The lowest BCUT2D eigenvalue weighted by Gasteiger charge is -2.12. The van der Waals surface area contributed by atoms with E-state index in [4.69, 9.17) is 4.74 Å². The van der Waals surface area contributed by atoms with Crippen LogP contribution in [0.3, 0.4) is 0 Å². The number of ether oxygens (including phenoxy) is 1. The largest absolute Gasteiger partial charge is 0.462 e. The molecule has 2 aromatic carbocycles. The van der Waals surface area contributed by atoms with E-state index in [1.54, 1.807) is 24.3 Å². The van der Waals surface area contributed by atoms with E-state index in [0.717, 1.165) is 29.7 Å². The third-order valence-electron chi connectivity index (χ3n) is 4.33. The van der Waals surface area contributed by atoms with Crippen LogP contribution in [0.15, 0.2) is 54.2 Å². The zero-order valence-electron chi connectivity index (χ0n) is 16.9. The Hall–Kier alpha value is -3.59. The molecule has 1 amide bonds. The lowest BCUT2D eigenvalue weighted by molar-refractivity contribution is -0.112. The van der Waals surface area contributed by atoms with Gasteiger partial charge in [0.2, 0.25) is 0 Å². The number of para-hydroxylation sites is 2. The molecule has 0 heterocycles. The molecule has 0 spiro atoms. The van der Waals surface area contributed by atoms with Gasteiger partial charge in [-0.1, -0.05) is 43.7 Å². The summed E-state index contributed by atoms with van der Waals surface area (Å²) in [5.41, 5.74) is 3.28. The van der Waals surface area contributed by atoms with Crippen LogP contribution in [0.1, 0.15) is 41.3 Å². The van der Waals surface area contributed by atoms with Gasteiger partial charge in [-0.25, -0.2) is 4.79 Å². The number of carbonyl (C=O) groups excluding carboxylic acids is 2. The van der Waals surface area contributed by atoms with Crippen LogP contribution in [0.5, 0.6) is 0 Å². The Labute approximate surface area is 171 Å². The number of nitriles is 1. The molecule has 2 N–H and O–H groups in total. The molecule has 0 fully saturated rings. The molecule has 0 saturated heterocycles. The second-order valence-corrected chi connectivity index (χ2v) is 6.57. The first-order chi connectivity index (χ1) is 14.0. The Morgan fingerprint density at radius 2 is 1.79 bits per heavy atom. The number of hydrogen-bond acceptors (Lipinski definition) is 5. The van der Waals surface area contributed by atoms with Crippen LogP contribution >= 0.6 is 0 Å². The SMILES string of the molecule is CCCCOC(=O)c1ccccc1NC(=O)/C(C#N)=C\Nc1c(C)cccc1C. The molecule has 0 bridgehead atoms. The Kier molecular flexibility index (Phi) is 7.99. The maximum absolute atomic E-state index is 12.6. The quantitative estimate of drug-likeness (QED) is 0.294. The first-order valence-electron chi connectivity index (χ1n) is 9.48. The van der Waals surface area contributed by atoms with Crippen molar-refractivity contribution in [3.63, 3.8) is 0 Å². The smallest absolute Gasteiger partial charge is 0.340 e. The monoisotopic (exact) mass is 391 g/mol. The average Bonchev–Trinajstić information content (AvgIpc) is 2.70. The van der Waals surface area contributed by atoms with Gasteiger partial charge in [0.15, 0.2) is 0 Å². The van der Waals surface area contributed by atoms with Crippen molar-refractivity contribution in [3.8, 4) is 6.07 Å². The average molecular weight is 391 g/mol. The topological polar surface area (TPSA) is 91.2 Å². The van der Waals surface area contributed by atoms with Crippen molar-refractivity contribution in [1.82, 2.24) is 0 Å². The zero-order valence-corrected chi connectivity index (χ0v) is 16.9. The lowest BCUT2D eigenvalue weighted by atomic mass is 10.1. The molecule has 6 heteroatoms. The summed E-state index contributed by atoms with van der Waals surface area (Å²) in [7, 11) is 0.